The zero-order chi connectivity index (χ0) is 37.7. The lowest BCUT2D eigenvalue weighted by Crippen LogP contribution is -2.27. The zero-order valence-corrected chi connectivity index (χ0v) is 34.3. The van der Waals surface area contributed by atoms with Gasteiger partial charge in [-0.15, -0.1) is 0 Å². The zero-order valence-electron chi connectivity index (χ0n) is 34.3. The molecule has 52 heavy (non-hydrogen) atoms. The molecular weight excluding hydrogens is 641 g/mol. The Morgan fingerprint density at radius 3 is 1.33 bits per heavy atom. The maximum atomic E-state index is 12.2. The van der Waals surface area contributed by atoms with Gasteiger partial charge in [-0.2, -0.15) is 0 Å². The molecule has 0 rings (SSSR count). The van der Waals surface area contributed by atoms with Crippen LogP contribution in [0.2, 0.25) is 0 Å². The van der Waals surface area contributed by atoms with E-state index in [2.05, 4.69) is 86.8 Å². The number of aliphatic hydroxyl groups excluding tert-OH is 1. The highest BCUT2D eigenvalue weighted by Gasteiger charge is 2.13. The van der Waals surface area contributed by atoms with Gasteiger partial charge in [0.05, 0.1) is 13.2 Å². The molecule has 0 amide bonds. The predicted octanol–water partition coefficient (Wildman–Crippen LogP) is 14.6. The van der Waals surface area contributed by atoms with Crippen molar-refractivity contribution in [1.29, 1.82) is 0 Å². The van der Waals surface area contributed by atoms with Crippen molar-refractivity contribution in [1.82, 2.24) is 0 Å². The molecule has 4 heteroatoms. The van der Waals surface area contributed by atoms with Crippen LogP contribution in [0, 0.1) is 0 Å². The fourth-order valence-corrected chi connectivity index (χ4v) is 6.00. The Morgan fingerprint density at radius 2 is 0.865 bits per heavy atom. The molecule has 0 saturated carbocycles. The SMILES string of the molecule is CC/C=C\C/C=C\C/C=C\C/C=C\C/C=C\CCCCCCCCCCCCOCC(CO)OC(=O)CCCCCCC/C=C\CCCCCCC. The standard InChI is InChI=1S/C48H84O4/c1-3-5-7-9-11-13-15-17-19-20-21-22-23-24-25-26-27-28-29-30-32-34-36-38-40-42-44-51-46-47(45-49)52-48(50)43-41-39-37-35-33-31-18-16-14-12-10-8-6-4-2/h5,7,11,13,16-19,21-22,24-25,47,49H,3-4,6,8-10,12,14-15,20,23,26-46H2,1-2H3/b7-5-,13-11-,18-16-,19-17-,22-21-,25-24-. The van der Waals surface area contributed by atoms with Gasteiger partial charge in [-0.3, -0.25) is 4.79 Å². The first-order valence-electron chi connectivity index (χ1n) is 22.0. The van der Waals surface area contributed by atoms with E-state index in [1.165, 1.54) is 122 Å². The summed E-state index contributed by atoms with van der Waals surface area (Å²) >= 11 is 0. The number of ether oxygens (including phenoxy) is 2. The number of unbranched alkanes of at least 4 members (excludes halogenated alkanes) is 20. The van der Waals surface area contributed by atoms with Crippen LogP contribution < -0.4 is 0 Å². The number of rotatable bonds is 40. The number of allylic oxidation sites excluding steroid dienone is 12. The van der Waals surface area contributed by atoms with E-state index in [4.69, 9.17) is 9.47 Å². The minimum Gasteiger partial charge on any atom is -0.457 e. The first kappa shape index (κ1) is 49.8. The molecule has 0 aromatic rings. The topological polar surface area (TPSA) is 55.8 Å². The Bertz CT molecular complexity index is 896. The Labute approximate surface area is 323 Å². The molecule has 1 atom stereocenters. The minimum absolute atomic E-state index is 0.179. The highest BCUT2D eigenvalue weighted by Crippen LogP contribution is 2.13. The first-order valence-corrected chi connectivity index (χ1v) is 22.0. The van der Waals surface area contributed by atoms with E-state index in [0.717, 1.165) is 57.8 Å². The molecule has 0 heterocycles. The predicted molar refractivity (Wildman–Crippen MR) is 228 cm³/mol. The van der Waals surface area contributed by atoms with Gasteiger partial charge in [-0.25, -0.2) is 0 Å². The highest BCUT2D eigenvalue weighted by molar-refractivity contribution is 5.69. The van der Waals surface area contributed by atoms with E-state index in [-0.39, 0.29) is 19.2 Å². The van der Waals surface area contributed by atoms with Gasteiger partial charge in [-0.05, 0) is 83.5 Å². The van der Waals surface area contributed by atoms with Crippen LogP contribution >= 0.6 is 0 Å². The molecule has 0 radical (unpaired) electrons. The van der Waals surface area contributed by atoms with Crippen LogP contribution in [-0.2, 0) is 14.3 Å². The van der Waals surface area contributed by atoms with Crippen molar-refractivity contribution in [2.45, 2.75) is 206 Å². The number of esters is 1. The lowest BCUT2D eigenvalue weighted by molar-refractivity contribution is -0.154. The summed E-state index contributed by atoms with van der Waals surface area (Å²) in [4.78, 5) is 12.2. The fraction of sp³-hybridized carbons (Fsp3) is 0.729. The maximum Gasteiger partial charge on any atom is 0.306 e. The molecule has 4 nitrogen and oxygen atoms in total. The third-order valence-corrected chi connectivity index (χ3v) is 9.27. The number of hydrogen-bond donors (Lipinski definition) is 1. The third kappa shape index (κ3) is 42.2. The number of hydrogen-bond acceptors (Lipinski definition) is 4. The number of carbonyl (C=O) groups excluding carboxylic acids is 1. The molecule has 0 saturated heterocycles. The van der Waals surface area contributed by atoms with Crippen LogP contribution in [0.25, 0.3) is 0 Å². The molecule has 0 bridgehead atoms. The van der Waals surface area contributed by atoms with Gasteiger partial charge >= 0.3 is 5.97 Å². The lowest BCUT2D eigenvalue weighted by Gasteiger charge is -2.15. The van der Waals surface area contributed by atoms with Crippen LogP contribution in [0.3, 0.4) is 0 Å². The number of carbonyl (C=O) groups is 1. The molecular formula is C48H84O4. The van der Waals surface area contributed by atoms with Crippen LogP contribution in [0.5, 0.6) is 0 Å². The van der Waals surface area contributed by atoms with E-state index in [9.17, 15) is 9.90 Å². The van der Waals surface area contributed by atoms with Gasteiger partial charge in [0.15, 0.2) is 0 Å². The maximum absolute atomic E-state index is 12.2. The summed E-state index contributed by atoms with van der Waals surface area (Å²) in [5.74, 6) is -0.213. The Morgan fingerprint density at radius 1 is 0.481 bits per heavy atom. The van der Waals surface area contributed by atoms with Gasteiger partial charge in [-0.1, -0.05) is 183 Å². The average molecular weight is 725 g/mol. The summed E-state index contributed by atoms with van der Waals surface area (Å²) in [6.45, 7) is 5.20. The van der Waals surface area contributed by atoms with Crippen LogP contribution in [-0.4, -0.2) is 37.0 Å². The largest absolute Gasteiger partial charge is 0.457 e. The molecule has 300 valence electrons. The summed E-state index contributed by atoms with van der Waals surface area (Å²) in [6.07, 6.45) is 61.1. The van der Waals surface area contributed by atoms with Gasteiger partial charge in [0.2, 0.25) is 0 Å². The van der Waals surface area contributed by atoms with Crippen molar-refractivity contribution < 1.29 is 19.4 Å². The van der Waals surface area contributed by atoms with Gasteiger partial charge < -0.3 is 14.6 Å². The molecule has 0 aliphatic carbocycles. The van der Waals surface area contributed by atoms with Crippen molar-refractivity contribution in [3.05, 3.63) is 72.9 Å². The molecule has 0 aromatic carbocycles. The Hall–Kier alpha value is -2.17. The molecule has 0 aromatic heterocycles. The summed E-state index contributed by atoms with van der Waals surface area (Å²) in [5, 5.41) is 9.60. The molecule has 0 fully saturated rings. The second-order valence-corrected chi connectivity index (χ2v) is 14.4. The van der Waals surface area contributed by atoms with E-state index in [0.29, 0.717) is 13.0 Å². The smallest absolute Gasteiger partial charge is 0.306 e. The van der Waals surface area contributed by atoms with E-state index < -0.39 is 6.10 Å². The highest BCUT2D eigenvalue weighted by atomic mass is 16.6. The molecule has 1 N–H and O–H groups in total. The van der Waals surface area contributed by atoms with Crippen molar-refractivity contribution >= 4 is 5.97 Å². The van der Waals surface area contributed by atoms with Crippen molar-refractivity contribution in [2.75, 3.05) is 19.8 Å². The van der Waals surface area contributed by atoms with Crippen LogP contribution in [0.1, 0.15) is 200 Å². The molecule has 0 spiro atoms. The van der Waals surface area contributed by atoms with Gasteiger partial charge in [0, 0.05) is 13.0 Å². The Kier molecular flexibility index (Phi) is 43.1. The minimum atomic E-state index is -0.543. The second-order valence-electron chi connectivity index (χ2n) is 14.4. The molecule has 0 aliphatic heterocycles. The van der Waals surface area contributed by atoms with Gasteiger partial charge in [0.25, 0.3) is 0 Å². The van der Waals surface area contributed by atoms with E-state index in [1.54, 1.807) is 0 Å². The first-order chi connectivity index (χ1) is 25.7. The van der Waals surface area contributed by atoms with Crippen molar-refractivity contribution in [3.8, 4) is 0 Å². The summed E-state index contributed by atoms with van der Waals surface area (Å²) in [5.41, 5.74) is 0. The Balaban J connectivity index is 3.46. The van der Waals surface area contributed by atoms with Crippen molar-refractivity contribution in [3.63, 3.8) is 0 Å². The van der Waals surface area contributed by atoms with Crippen molar-refractivity contribution in [2.24, 2.45) is 0 Å². The molecule has 1 unspecified atom stereocenters. The van der Waals surface area contributed by atoms with E-state index >= 15 is 0 Å². The lowest BCUT2D eigenvalue weighted by atomic mass is 10.1. The van der Waals surface area contributed by atoms with Crippen LogP contribution in [0.15, 0.2) is 72.9 Å². The summed E-state index contributed by atoms with van der Waals surface area (Å²) in [6, 6.07) is 0. The molecule has 0 aliphatic rings. The average Bonchev–Trinajstić information content (AvgIpc) is 3.15. The van der Waals surface area contributed by atoms with E-state index in [1.807, 2.05) is 0 Å². The third-order valence-electron chi connectivity index (χ3n) is 9.27. The normalized spacial score (nSPS) is 13.1. The fourth-order valence-electron chi connectivity index (χ4n) is 6.00. The van der Waals surface area contributed by atoms with Gasteiger partial charge in [0.1, 0.15) is 6.10 Å². The number of aliphatic hydroxyl groups is 1. The van der Waals surface area contributed by atoms with Crippen LogP contribution in [0.4, 0.5) is 0 Å². The second kappa shape index (κ2) is 45.0. The monoisotopic (exact) mass is 725 g/mol. The summed E-state index contributed by atoms with van der Waals surface area (Å²) < 4.78 is 11.2. The quantitative estimate of drug-likeness (QED) is 0.0388. The summed E-state index contributed by atoms with van der Waals surface area (Å²) in [7, 11) is 0.